The number of nitrogens with zero attached hydrogens (tertiary/aromatic N) is 1. The lowest BCUT2D eigenvalue weighted by molar-refractivity contribution is 0.0991. The molecule has 15 heavy (non-hydrogen) atoms. The Morgan fingerprint density at radius 1 is 1.33 bits per heavy atom. The smallest absolute Gasteiger partial charge is 0.0771 e. The Hall–Kier alpha value is -1.06. The molecule has 0 amide bonds. The summed E-state index contributed by atoms with van der Waals surface area (Å²) in [6.07, 6.45) is 1.66. The molecule has 2 fully saturated rings. The lowest BCUT2D eigenvalue weighted by atomic mass is 10.2. The SMILES string of the molecule is NCc1ccc(N2CC3CC2CO3)cc1. The molecule has 0 aliphatic carbocycles. The van der Waals surface area contributed by atoms with Crippen LogP contribution in [-0.2, 0) is 11.3 Å². The first-order valence-electron chi connectivity index (χ1n) is 5.54. The second-order valence-electron chi connectivity index (χ2n) is 4.37. The molecule has 2 unspecified atom stereocenters. The van der Waals surface area contributed by atoms with Crippen molar-refractivity contribution in [1.82, 2.24) is 0 Å². The molecule has 2 aliphatic heterocycles. The summed E-state index contributed by atoms with van der Waals surface area (Å²) in [7, 11) is 0. The van der Waals surface area contributed by atoms with Crippen LogP contribution in [0.2, 0.25) is 0 Å². The van der Waals surface area contributed by atoms with E-state index in [-0.39, 0.29) is 0 Å². The van der Waals surface area contributed by atoms with Gasteiger partial charge in [-0.2, -0.15) is 0 Å². The van der Waals surface area contributed by atoms with Gasteiger partial charge in [0.1, 0.15) is 0 Å². The van der Waals surface area contributed by atoms with E-state index in [9.17, 15) is 0 Å². The summed E-state index contributed by atoms with van der Waals surface area (Å²) < 4.78 is 5.59. The van der Waals surface area contributed by atoms with E-state index in [1.807, 2.05) is 0 Å². The van der Waals surface area contributed by atoms with Crippen molar-refractivity contribution in [3.05, 3.63) is 29.8 Å². The average molecular weight is 204 g/mol. The van der Waals surface area contributed by atoms with Crippen molar-refractivity contribution in [1.29, 1.82) is 0 Å². The van der Waals surface area contributed by atoms with E-state index in [1.165, 1.54) is 17.7 Å². The minimum Gasteiger partial charge on any atom is -0.374 e. The van der Waals surface area contributed by atoms with Gasteiger partial charge >= 0.3 is 0 Å². The maximum atomic E-state index is 5.59. The highest BCUT2D eigenvalue weighted by Gasteiger charge is 2.38. The van der Waals surface area contributed by atoms with Crippen LogP contribution in [0.5, 0.6) is 0 Å². The molecule has 1 aromatic rings. The van der Waals surface area contributed by atoms with Crippen LogP contribution in [0.4, 0.5) is 5.69 Å². The van der Waals surface area contributed by atoms with E-state index in [0.717, 1.165) is 13.2 Å². The Labute approximate surface area is 89.8 Å². The summed E-state index contributed by atoms with van der Waals surface area (Å²) in [5, 5.41) is 0. The minimum absolute atomic E-state index is 0.462. The van der Waals surface area contributed by atoms with Gasteiger partial charge in [0.25, 0.3) is 0 Å². The van der Waals surface area contributed by atoms with Crippen LogP contribution in [0.25, 0.3) is 0 Å². The Morgan fingerprint density at radius 2 is 2.13 bits per heavy atom. The zero-order valence-electron chi connectivity index (χ0n) is 8.73. The summed E-state index contributed by atoms with van der Waals surface area (Å²) in [6, 6.07) is 9.16. The van der Waals surface area contributed by atoms with Gasteiger partial charge in [0.2, 0.25) is 0 Å². The molecule has 0 spiro atoms. The standard InChI is InChI=1S/C12H16N2O/c13-6-9-1-3-10(4-2-9)14-7-12-5-11(14)8-15-12/h1-4,11-12H,5-8,13H2. The Bertz CT molecular complexity index is 349. The third-order valence-electron chi connectivity index (χ3n) is 3.40. The number of morpholine rings is 1. The van der Waals surface area contributed by atoms with E-state index < -0.39 is 0 Å². The first-order chi connectivity index (χ1) is 7.36. The van der Waals surface area contributed by atoms with Crippen molar-refractivity contribution in [3.8, 4) is 0 Å². The van der Waals surface area contributed by atoms with E-state index in [2.05, 4.69) is 29.2 Å². The molecule has 2 heterocycles. The van der Waals surface area contributed by atoms with Gasteiger partial charge in [-0.1, -0.05) is 12.1 Å². The number of nitrogens with two attached hydrogens (primary N) is 1. The fourth-order valence-electron chi connectivity index (χ4n) is 2.54. The molecule has 3 nitrogen and oxygen atoms in total. The van der Waals surface area contributed by atoms with E-state index >= 15 is 0 Å². The summed E-state index contributed by atoms with van der Waals surface area (Å²) in [6.45, 7) is 2.56. The monoisotopic (exact) mass is 204 g/mol. The number of hydrogen-bond donors (Lipinski definition) is 1. The Kier molecular flexibility index (Phi) is 2.15. The van der Waals surface area contributed by atoms with Gasteiger partial charge in [-0.3, -0.25) is 0 Å². The summed E-state index contributed by atoms with van der Waals surface area (Å²) in [5.41, 5.74) is 8.08. The van der Waals surface area contributed by atoms with Gasteiger partial charge in [0.15, 0.2) is 0 Å². The molecule has 0 aromatic heterocycles. The van der Waals surface area contributed by atoms with Crippen LogP contribution in [0.1, 0.15) is 12.0 Å². The largest absolute Gasteiger partial charge is 0.374 e. The third-order valence-corrected chi connectivity index (χ3v) is 3.40. The maximum absolute atomic E-state index is 5.59. The van der Waals surface area contributed by atoms with Crippen molar-refractivity contribution in [2.24, 2.45) is 5.73 Å². The molecule has 0 radical (unpaired) electrons. The Morgan fingerprint density at radius 3 is 2.67 bits per heavy atom. The van der Waals surface area contributed by atoms with Crippen LogP contribution in [0, 0.1) is 0 Å². The molecule has 3 heteroatoms. The lowest BCUT2D eigenvalue weighted by Crippen LogP contribution is -2.36. The number of benzene rings is 1. The van der Waals surface area contributed by atoms with E-state index in [4.69, 9.17) is 10.5 Å². The van der Waals surface area contributed by atoms with E-state index in [1.54, 1.807) is 0 Å². The molecule has 2 N–H and O–H groups in total. The fraction of sp³-hybridized carbons (Fsp3) is 0.500. The third kappa shape index (κ3) is 1.52. The van der Waals surface area contributed by atoms with Crippen molar-refractivity contribution in [2.75, 3.05) is 18.1 Å². The van der Waals surface area contributed by atoms with Crippen molar-refractivity contribution in [2.45, 2.75) is 25.1 Å². The highest BCUT2D eigenvalue weighted by molar-refractivity contribution is 5.50. The van der Waals surface area contributed by atoms with Crippen molar-refractivity contribution >= 4 is 5.69 Å². The van der Waals surface area contributed by atoms with Gasteiger partial charge in [0.05, 0.1) is 18.8 Å². The average Bonchev–Trinajstić information content (AvgIpc) is 2.91. The van der Waals surface area contributed by atoms with Gasteiger partial charge in [-0.15, -0.1) is 0 Å². The number of hydrogen-bond acceptors (Lipinski definition) is 3. The second kappa shape index (κ2) is 3.51. The molecule has 3 rings (SSSR count). The molecule has 2 atom stereocenters. The van der Waals surface area contributed by atoms with Crippen molar-refractivity contribution in [3.63, 3.8) is 0 Å². The minimum atomic E-state index is 0.462. The van der Waals surface area contributed by atoms with Crippen molar-refractivity contribution < 1.29 is 4.74 Å². The van der Waals surface area contributed by atoms with Gasteiger partial charge in [-0.25, -0.2) is 0 Å². The zero-order chi connectivity index (χ0) is 10.3. The molecule has 2 bridgehead atoms. The molecule has 2 saturated heterocycles. The molecule has 1 aromatic carbocycles. The van der Waals surface area contributed by atoms with Crippen LogP contribution in [0.3, 0.4) is 0 Å². The quantitative estimate of drug-likeness (QED) is 0.784. The maximum Gasteiger partial charge on any atom is 0.0771 e. The highest BCUT2D eigenvalue weighted by Crippen LogP contribution is 2.32. The first-order valence-corrected chi connectivity index (χ1v) is 5.54. The van der Waals surface area contributed by atoms with Crippen LogP contribution < -0.4 is 10.6 Å². The van der Waals surface area contributed by atoms with Gasteiger partial charge in [-0.05, 0) is 24.1 Å². The summed E-state index contributed by atoms with van der Waals surface area (Å²) >= 11 is 0. The normalized spacial score (nSPS) is 28.7. The second-order valence-corrected chi connectivity index (χ2v) is 4.37. The zero-order valence-corrected chi connectivity index (χ0v) is 8.73. The number of rotatable bonds is 2. The number of fused-ring (bicyclic) bond motifs is 2. The molecule has 2 aliphatic rings. The number of anilines is 1. The summed E-state index contributed by atoms with van der Waals surface area (Å²) in [4.78, 5) is 2.45. The molecular weight excluding hydrogens is 188 g/mol. The first kappa shape index (κ1) is 9.19. The number of ether oxygens (including phenoxy) is 1. The molecule has 80 valence electrons. The van der Waals surface area contributed by atoms with Gasteiger partial charge in [0, 0.05) is 18.8 Å². The lowest BCUT2D eigenvalue weighted by Gasteiger charge is -2.29. The molecular formula is C12H16N2O. The van der Waals surface area contributed by atoms with Crippen LogP contribution in [-0.4, -0.2) is 25.3 Å². The van der Waals surface area contributed by atoms with Gasteiger partial charge < -0.3 is 15.4 Å². The predicted octanol–water partition coefficient (Wildman–Crippen LogP) is 1.12. The molecule has 0 saturated carbocycles. The highest BCUT2D eigenvalue weighted by atomic mass is 16.5. The fourth-order valence-corrected chi connectivity index (χ4v) is 2.54. The summed E-state index contributed by atoms with van der Waals surface area (Å²) in [5.74, 6) is 0. The topological polar surface area (TPSA) is 38.5 Å². The van der Waals surface area contributed by atoms with Crippen LogP contribution in [0.15, 0.2) is 24.3 Å². The predicted molar refractivity (Wildman–Crippen MR) is 59.8 cm³/mol. The Balaban J connectivity index is 1.81. The van der Waals surface area contributed by atoms with Crippen LogP contribution >= 0.6 is 0 Å². The van der Waals surface area contributed by atoms with E-state index in [0.29, 0.717) is 18.7 Å².